The van der Waals surface area contributed by atoms with Gasteiger partial charge in [0, 0.05) is 22.5 Å². The Bertz CT molecular complexity index is 3590. The Morgan fingerprint density at radius 2 is 0.733 bits per heavy atom. The van der Waals surface area contributed by atoms with E-state index in [9.17, 15) is 0 Å². The van der Waals surface area contributed by atoms with Gasteiger partial charge in [-0.3, -0.25) is 9.13 Å². The summed E-state index contributed by atoms with van der Waals surface area (Å²) >= 11 is 0. The molecule has 280 valence electrons. The van der Waals surface area contributed by atoms with Crippen molar-refractivity contribution in [1.29, 1.82) is 0 Å². The monoisotopic (exact) mass is 764 g/mol. The van der Waals surface area contributed by atoms with Gasteiger partial charge in [0.2, 0.25) is 0 Å². The molecule has 0 N–H and O–H groups in total. The van der Waals surface area contributed by atoms with Crippen LogP contribution in [-0.2, 0) is 0 Å². The second-order valence-electron chi connectivity index (χ2n) is 15.5. The molecule has 0 radical (unpaired) electrons. The van der Waals surface area contributed by atoms with Crippen molar-refractivity contribution in [2.75, 3.05) is 0 Å². The molecule has 10 aromatic carbocycles. The van der Waals surface area contributed by atoms with E-state index in [1.54, 1.807) is 0 Å². The number of nitrogens with zero attached hydrogens (tertiary/aromatic N) is 4. The third-order valence-electron chi connectivity index (χ3n) is 11.9. The minimum atomic E-state index is 0.928. The lowest BCUT2D eigenvalue weighted by Crippen LogP contribution is -1.97. The van der Waals surface area contributed by atoms with E-state index >= 15 is 0 Å². The van der Waals surface area contributed by atoms with Gasteiger partial charge < -0.3 is 0 Å². The van der Waals surface area contributed by atoms with E-state index < -0.39 is 0 Å². The highest BCUT2D eigenvalue weighted by molar-refractivity contribution is 5.99. The SMILES string of the molecule is c1ccc2cc(-n3c(-c4ccc(-c5ccc6c(-c7ccc(-c8nc9ccccc9n8-c8ccc9ccccc9c8)cc7)cccc6c5)cc4)nc4ccccc43)ccc2c1. The summed E-state index contributed by atoms with van der Waals surface area (Å²) < 4.78 is 4.56. The van der Waals surface area contributed by atoms with Crippen LogP contribution in [0.2, 0.25) is 0 Å². The largest absolute Gasteiger partial charge is 0.292 e. The lowest BCUT2D eigenvalue weighted by molar-refractivity contribution is 1.11. The van der Waals surface area contributed by atoms with Crippen molar-refractivity contribution in [3.63, 3.8) is 0 Å². The van der Waals surface area contributed by atoms with Gasteiger partial charge in [0.05, 0.1) is 22.1 Å². The molecule has 12 aromatic rings. The van der Waals surface area contributed by atoms with E-state index in [0.29, 0.717) is 0 Å². The summed E-state index contributed by atoms with van der Waals surface area (Å²) in [6.07, 6.45) is 0. The molecular formula is C56H36N4. The summed E-state index contributed by atoms with van der Waals surface area (Å²) in [5.74, 6) is 1.86. The molecule has 0 fully saturated rings. The van der Waals surface area contributed by atoms with Crippen LogP contribution in [0, 0.1) is 0 Å². The first-order valence-corrected chi connectivity index (χ1v) is 20.4. The summed E-state index contributed by atoms with van der Waals surface area (Å²) in [4.78, 5) is 10.3. The average molecular weight is 765 g/mol. The Balaban J connectivity index is 0.870. The number of imidazole rings is 2. The highest BCUT2D eigenvalue weighted by Crippen LogP contribution is 2.36. The van der Waals surface area contributed by atoms with Gasteiger partial charge in [0.1, 0.15) is 11.6 Å². The van der Waals surface area contributed by atoms with Crippen LogP contribution in [0.4, 0.5) is 0 Å². The highest BCUT2D eigenvalue weighted by atomic mass is 15.1. The van der Waals surface area contributed by atoms with Gasteiger partial charge in [0.25, 0.3) is 0 Å². The van der Waals surface area contributed by atoms with Gasteiger partial charge in [-0.05, 0) is 109 Å². The Kier molecular flexibility index (Phi) is 7.82. The summed E-state index contributed by atoms with van der Waals surface area (Å²) in [5.41, 5.74) is 13.2. The van der Waals surface area contributed by atoms with Crippen molar-refractivity contribution in [1.82, 2.24) is 19.1 Å². The normalized spacial score (nSPS) is 11.7. The topological polar surface area (TPSA) is 35.6 Å². The van der Waals surface area contributed by atoms with Crippen molar-refractivity contribution in [2.45, 2.75) is 0 Å². The van der Waals surface area contributed by atoms with Crippen molar-refractivity contribution >= 4 is 54.4 Å². The lowest BCUT2D eigenvalue weighted by Gasteiger charge is -2.13. The first-order chi connectivity index (χ1) is 29.7. The molecule has 0 saturated heterocycles. The second kappa shape index (κ2) is 13.8. The molecule has 0 aliphatic carbocycles. The van der Waals surface area contributed by atoms with Crippen molar-refractivity contribution in [3.05, 3.63) is 218 Å². The molecule has 0 unspecified atom stereocenters. The lowest BCUT2D eigenvalue weighted by atomic mass is 9.94. The van der Waals surface area contributed by atoms with Crippen LogP contribution < -0.4 is 0 Å². The molecule has 0 aliphatic rings. The number of hydrogen-bond donors (Lipinski definition) is 0. The molecular weight excluding hydrogens is 729 g/mol. The number of benzene rings is 10. The molecule has 0 bridgehead atoms. The van der Waals surface area contributed by atoms with Crippen LogP contribution in [-0.4, -0.2) is 19.1 Å². The minimum Gasteiger partial charge on any atom is -0.292 e. The minimum absolute atomic E-state index is 0.928. The van der Waals surface area contributed by atoms with E-state index in [1.165, 1.54) is 49.0 Å². The molecule has 0 amide bonds. The summed E-state index contributed by atoms with van der Waals surface area (Å²) in [6.45, 7) is 0. The molecule has 2 aromatic heterocycles. The third-order valence-corrected chi connectivity index (χ3v) is 11.9. The van der Waals surface area contributed by atoms with E-state index in [-0.39, 0.29) is 0 Å². The van der Waals surface area contributed by atoms with E-state index in [2.05, 4.69) is 228 Å². The maximum atomic E-state index is 5.15. The fraction of sp³-hybridized carbons (Fsp3) is 0. The maximum Gasteiger partial charge on any atom is 0.145 e. The Morgan fingerprint density at radius 1 is 0.283 bits per heavy atom. The zero-order valence-corrected chi connectivity index (χ0v) is 32.6. The van der Waals surface area contributed by atoms with Gasteiger partial charge >= 0.3 is 0 Å². The second-order valence-corrected chi connectivity index (χ2v) is 15.5. The van der Waals surface area contributed by atoms with Crippen LogP contribution >= 0.6 is 0 Å². The van der Waals surface area contributed by atoms with Gasteiger partial charge in [-0.1, -0.05) is 164 Å². The van der Waals surface area contributed by atoms with E-state index in [0.717, 1.165) is 61.8 Å². The molecule has 12 rings (SSSR count). The zero-order chi connectivity index (χ0) is 39.6. The standard InChI is InChI=1S/C56H36N4/c1-3-12-43-35-47(31-28-37(43)10-1)59-53-18-7-5-16-51(53)57-55(59)41-24-20-39(21-25-41)45-30-33-50-46(34-45)14-9-15-49(50)40-22-26-42(27-23-40)56-58-52-17-6-8-19-54(52)60(56)48-32-29-38-11-2-4-13-44(38)36-48/h1-36H. The quantitative estimate of drug-likeness (QED) is 0.169. The predicted octanol–water partition coefficient (Wildman–Crippen LogP) is 14.5. The summed E-state index contributed by atoms with van der Waals surface area (Å²) in [6, 6.07) is 78.1. The number of para-hydroxylation sites is 4. The van der Waals surface area contributed by atoms with Gasteiger partial charge in [-0.2, -0.15) is 0 Å². The van der Waals surface area contributed by atoms with Crippen LogP contribution in [0.3, 0.4) is 0 Å². The van der Waals surface area contributed by atoms with E-state index in [1.807, 2.05) is 0 Å². The number of fused-ring (bicyclic) bond motifs is 5. The van der Waals surface area contributed by atoms with Crippen LogP contribution in [0.15, 0.2) is 218 Å². The molecule has 0 aliphatic heterocycles. The Morgan fingerprint density at radius 3 is 1.30 bits per heavy atom. The summed E-state index contributed by atoms with van der Waals surface area (Å²) in [5, 5.41) is 7.29. The van der Waals surface area contributed by atoms with Crippen molar-refractivity contribution < 1.29 is 0 Å². The first-order valence-electron chi connectivity index (χ1n) is 20.4. The zero-order valence-electron chi connectivity index (χ0n) is 32.6. The molecule has 4 heteroatoms. The molecule has 4 nitrogen and oxygen atoms in total. The molecule has 0 saturated carbocycles. The fourth-order valence-corrected chi connectivity index (χ4v) is 8.92. The van der Waals surface area contributed by atoms with Gasteiger partial charge in [-0.25, -0.2) is 9.97 Å². The molecule has 2 heterocycles. The molecule has 0 spiro atoms. The van der Waals surface area contributed by atoms with Crippen LogP contribution in [0.5, 0.6) is 0 Å². The summed E-state index contributed by atoms with van der Waals surface area (Å²) in [7, 11) is 0. The number of aromatic nitrogens is 4. The highest BCUT2D eigenvalue weighted by Gasteiger charge is 2.17. The maximum absolute atomic E-state index is 5.15. The van der Waals surface area contributed by atoms with Gasteiger partial charge in [0.15, 0.2) is 0 Å². The molecule has 0 atom stereocenters. The smallest absolute Gasteiger partial charge is 0.145 e. The Hall–Kier alpha value is -8.08. The third kappa shape index (κ3) is 5.69. The number of rotatable bonds is 6. The van der Waals surface area contributed by atoms with Crippen LogP contribution in [0.25, 0.3) is 111 Å². The number of hydrogen-bond acceptors (Lipinski definition) is 2. The van der Waals surface area contributed by atoms with Crippen molar-refractivity contribution in [3.8, 4) is 56.4 Å². The fourth-order valence-electron chi connectivity index (χ4n) is 8.92. The predicted molar refractivity (Wildman–Crippen MR) is 250 cm³/mol. The Labute approximate surface area is 346 Å². The average Bonchev–Trinajstić information content (AvgIpc) is 3.91. The van der Waals surface area contributed by atoms with Gasteiger partial charge in [-0.15, -0.1) is 0 Å². The van der Waals surface area contributed by atoms with Crippen molar-refractivity contribution in [2.24, 2.45) is 0 Å². The first kappa shape index (κ1) is 34.0. The molecule has 60 heavy (non-hydrogen) atoms. The van der Waals surface area contributed by atoms with Crippen LogP contribution in [0.1, 0.15) is 0 Å². The van der Waals surface area contributed by atoms with E-state index in [4.69, 9.17) is 9.97 Å².